The van der Waals surface area contributed by atoms with Crippen molar-refractivity contribution in [3.63, 3.8) is 0 Å². The summed E-state index contributed by atoms with van der Waals surface area (Å²) in [6, 6.07) is 18.9. The van der Waals surface area contributed by atoms with E-state index in [9.17, 15) is 14.0 Å². The average molecular weight is 560 g/mol. The molecule has 0 radical (unpaired) electrons. The minimum absolute atomic E-state index is 0.0302. The maximum Gasteiger partial charge on any atom is 0.282 e. The molecule has 0 saturated carbocycles. The lowest BCUT2D eigenvalue weighted by Crippen LogP contribution is -2.22. The van der Waals surface area contributed by atoms with Crippen LogP contribution in [0.4, 0.5) is 10.1 Å². The highest BCUT2D eigenvalue weighted by Crippen LogP contribution is 2.25. The van der Waals surface area contributed by atoms with Gasteiger partial charge in [-0.25, -0.2) is 9.37 Å². The molecule has 0 bridgehead atoms. The molecule has 0 spiro atoms. The van der Waals surface area contributed by atoms with E-state index in [0.29, 0.717) is 28.8 Å². The zero-order valence-electron chi connectivity index (χ0n) is 20.2. The molecule has 9 heteroatoms. The Hall–Kier alpha value is -4.11. The molecule has 5 rings (SSSR count). The normalized spacial score (nSPS) is 11.6. The van der Waals surface area contributed by atoms with Gasteiger partial charge >= 0.3 is 0 Å². The van der Waals surface area contributed by atoms with Gasteiger partial charge in [0.2, 0.25) is 5.91 Å². The zero-order valence-corrected chi connectivity index (χ0v) is 21.8. The molecule has 0 aliphatic heterocycles. The molecular weight excluding hydrogens is 537 g/mol. The van der Waals surface area contributed by atoms with Gasteiger partial charge in [-0.05, 0) is 49.4 Å². The standard InChI is InChI=1S/C28H23BrFN5O2/c1-3-26-33-24-12-11-18(29)13-22(24)28(37)35(26)31-15-23-17(2)34(25-10-5-4-9-21(23)25)16-27(36)32-20-8-6-7-19(30)14-20/h4-15H,3,16H2,1-2H3,(H,32,36). The maximum absolute atomic E-state index is 13.5. The molecule has 3 aromatic carbocycles. The fourth-order valence-electron chi connectivity index (χ4n) is 4.39. The van der Waals surface area contributed by atoms with Crippen LogP contribution in [-0.2, 0) is 17.8 Å². The SMILES string of the molecule is CCc1nc2ccc(Br)cc2c(=O)n1N=Cc1c(C)n(CC(=O)Nc2cccc(F)c2)c2ccccc12. The van der Waals surface area contributed by atoms with Crippen molar-refractivity contribution in [1.29, 1.82) is 0 Å². The second-order valence-corrected chi connectivity index (χ2v) is 9.48. The molecule has 0 unspecified atom stereocenters. The summed E-state index contributed by atoms with van der Waals surface area (Å²) in [5.41, 5.74) is 3.20. The topological polar surface area (TPSA) is 81.3 Å². The smallest absolute Gasteiger partial charge is 0.282 e. The van der Waals surface area contributed by atoms with Gasteiger partial charge in [-0.2, -0.15) is 9.78 Å². The van der Waals surface area contributed by atoms with Crippen molar-refractivity contribution in [2.24, 2.45) is 5.10 Å². The molecule has 0 aliphatic carbocycles. The monoisotopic (exact) mass is 559 g/mol. The van der Waals surface area contributed by atoms with E-state index in [1.54, 1.807) is 30.5 Å². The van der Waals surface area contributed by atoms with Crippen molar-refractivity contribution in [1.82, 2.24) is 14.2 Å². The molecule has 0 saturated heterocycles. The first kappa shape index (κ1) is 24.6. The van der Waals surface area contributed by atoms with Crippen LogP contribution in [0.25, 0.3) is 21.8 Å². The van der Waals surface area contributed by atoms with Crippen molar-refractivity contribution in [2.75, 3.05) is 5.32 Å². The maximum atomic E-state index is 13.5. The van der Waals surface area contributed by atoms with Gasteiger partial charge in [0.25, 0.3) is 5.56 Å². The second-order valence-electron chi connectivity index (χ2n) is 8.57. The fraction of sp³-hybridized carbons (Fsp3) is 0.143. The minimum atomic E-state index is -0.420. The Morgan fingerprint density at radius 1 is 1.11 bits per heavy atom. The number of carbonyl (C=O) groups is 1. The van der Waals surface area contributed by atoms with Crippen molar-refractivity contribution < 1.29 is 9.18 Å². The third-order valence-electron chi connectivity index (χ3n) is 6.18. The van der Waals surface area contributed by atoms with Crippen LogP contribution in [0.1, 0.15) is 24.0 Å². The van der Waals surface area contributed by atoms with Crippen LogP contribution < -0.4 is 10.9 Å². The summed E-state index contributed by atoms with van der Waals surface area (Å²) in [5, 5.41) is 8.66. The third kappa shape index (κ3) is 4.82. The highest BCUT2D eigenvalue weighted by molar-refractivity contribution is 9.10. The first-order valence-corrected chi connectivity index (χ1v) is 12.5. The van der Waals surface area contributed by atoms with Gasteiger partial charge in [-0.3, -0.25) is 9.59 Å². The predicted molar refractivity (Wildman–Crippen MR) is 148 cm³/mol. The number of hydrogen-bond acceptors (Lipinski definition) is 4. The van der Waals surface area contributed by atoms with Crippen LogP contribution in [0.2, 0.25) is 0 Å². The Labute approximate surface area is 220 Å². The highest BCUT2D eigenvalue weighted by atomic mass is 79.9. The number of nitrogens with zero attached hydrogens (tertiary/aromatic N) is 4. The summed E-state index contributed by atoms with van der Waals surface area (Å²) in [6.07, 6.45) is 2.17. The van der Waals surface area contributed by atoms with Gasteiger partial charge in [-0.1, -0.05) is 47.1 Å². The van der Waals surface area contributed by atoms with Gasteiger partial charge < -0.3 is 9.88 Å². The van der Waals surface area contributed by atoms with E-state index in [1.165, 1.54) is 16.8 Å². The highest BCUT2D eigenvalue weighted by Gasteiger charge is 2.16. The van der Waals surface area contributed by atoms with E-state index < -0.39 is 5.82 Å². The number of rotatable bonds is 6. The van der Waals surface area contributed by atoms with Crippen LogP contribution in [0.3, 0.4) is 0 Å². The van der Waals surface area contributed by atoms with Crippen molar-refractivity contribution in [3.8, 4) is 0 Å². The molecular formula is C28H23BrFN5O2. The number of nitrogens with one attached hydrogen (secondary N) is 1. The van der Waals surface area contributed by atoms with Gasteiger partial charge in [-0.15, -0.1) is 0 Å². The average Bonchev–Trinajstić information content (AvgIpc) is 3.14. The summed E-state index contributed by atoms with van der Waals surface area (Å²) in [4.78, 5) is 30.7. The number of benzene rings is 3. The number of aryl methyl sites for hydroxylation is 1. The van der Waals surface area contributed by atoms with E-state index in [1.807, 2.05) is 48.7 Å². The first-order valence-electron chi connectivity index (χ1n) is 11.7. The number of hydrogen-bond donors (Lipinski definition) is 1. The lowest BCUT2D eigenvalue weighted by Gasteiger charge is -2.10. The number of anilines is 1. The summed E-state index contributed by atoms with van der Waals surface area (Å²) in [5.74, 6) is -0.158. The van der Waals surface area contributed by atoms with E-state index in [0.717, 1.165) is 26.6 Å². The molecule has 7 nitrogen and oxygen atoms in total. The number of para-hydroxylation sites is 1. The quantitative estimate of drug-likeness (QED) is 0.273. The van der Waals surface area contributed by atoms with Crippen LogP contribution in [0.5, 0.6) is 0 Å². The van der Waals surface area contributed by atoms with Crippen molar-refractivity contribution in [2.45, 2.75) is 26.8 Å². The molecule has 0 aliphatic rings. The van der Waals surface area contributed by atoms with Crippen molar-refractivity contribution in [3.05, 3.63) is 104 Å². The van der Waals surface area contributed by atoms with Gasteiger partial charge in [0.1, 0.15) is 18.2 Å². The van der Waals surface area contributed by atoms with Crippen LogP contribution in [0.15, 0.2) is 81.1 Å². The van der Waals surface area contributed by atoms with E-state index in [-0.39, 0.29) is 18.0 Å². The van der Waals surface area contributed by atoms with E-state index >= 15 is 0 Å². The first-order chi connectivity index (χ1) is 17.9. The summed E-state index contributed by atoms with van der Waals surface area (Å²) in [7, 11) is 0. The number of halogens is 2. The number of fused-ring (bicyclic) bond motifs is 2. The van der Waals surface area contributed by atoms with Gasteiger partial charge in [0.15, 0.2) is 0 Å². The van der Waals surface area contributed by atoms with Gasteiger partial charge in [0.05, 0.1) is 17.1 Å². The summed E-state index contributed by atoms with van der Waals surface area (Å²) in [6.45, 7) is 3.85. The van der Waals surface area contributed by atoms with Gasteiger partial charge in [0, 0.05) is 38.7 Å². The lowest BCUT2D eigenvalue weighted by molar-refractivity contribution is -0.116. The predicted octanol–water partition coefficient (Wildman–Crippen LogP) is 5.64. The summed E-state index contributed by atoms with van der Waals surface area (Å²) >= 11 is 3.42. The molecule has 2 aromatic heterocycles. The molecule has 0 atom stereocenters. The molecule has 186 valence electrons. The van der Waals surface area contributed by atoms with Crippen LogP contribution in [0, 0.1) is 12.7 Å². The number of carbonyl (C=O) groups excluding carboxylic acids is 1. The Bertz CT molecular complexity index is 1760. The zero-order chi connectivity index (χ0) is 26.1. The fourth-order valence-corrected chi connectivity index (χ4v) is 4.75. The van der Waals surface area contributed by atoms with E-state index in [4.69, 9.17) is 0 Å². The minimum Gasteiger partial charge on any atom is -0.335 e. The summed E-state index contributed by atoms with van der Waals surface area (Å²) < 4.78 is 17.5. The molecule has 0 fully saturated rings. The Balaban J connectivity index is 1.54. The molecule has 1 amide bonds. The molecule has 2 heterocycles. The lowest BCUT2D eigenvalue weighted by atomic mass is 10.1. The molecule has 37 heavy (non-hydrogen) atoms. The number of amides is 1. The van der Waals surface area contributed by atoms with Crippen LogP contribution in [-0.4, -0.2) is 26.3 Å². The van der Waals surface area contributed by atoms with E-state index in [2.05, 4.69) is 31.3 Å². The third-order valence-corrected chi connectivity index (χ3v) is 6.68. The Morgan fingerprint density at radius 2 is 1.92 bits per heavy atom. The molecule has 5 aromatic rings. The van der Waals surface area contributed by atoms with Crippen LogP contribution >= 0.6 is 15.9 Å². The van der Waals surface area contributed by atoms with Crippen molar-refractivity contribution >= 4 is 55.5 Å². The number of aromatic nitrogens is 3. The Morgan fingerprint density at radius 3 is 2.70 bits per heavy atom. The molecule has 1 N–H and O–H groups in total. The second kappa shape index (κ2) is 10.1. The largest absolute Gasteiger partial charge is 0.335 e. The Kier molecular flexibility index (Phi) is 6.71.